The molecule has 0 saturated heterocycles. The first-order valence-electron chi connectivity index (χ1n) is 12.8. The number of hydrogen-bond donors (Lipinski definition) is 4. The first kappa shape index (κ1) is 31.9. The molecule has 0 aromatic heterocycles. The third-order valence-corrected chi connectivity index (χ3v) is 5.78. The van der Waals surface area contributed by atoms with Gasteiger partial charge in [0.1, 0.15) is 17.7 Å². The minimum atomic E-state index is -1.21. The zero-order chi connectivity index (χ0) is 28.3. The highest BCUT2D eigenvalue weighted by molar-refractivity contribution is 5.93. The van der Waals surface area contributed by atoms with E-state index in [1.807, 2.05) is 45.9 Å². The fourth-order valence-corrected chi connectivity index (χ4v) is 4.18. The summed E-state index contributed by atoms with van der Waals surface area (Å²) in [6.07, 6.45) is 0.504. The third kappa shape index (κ3) is 10.4. The highest BCUT2D eigenvalue weighted by atomic mass is 16.6. The van der Waals surface area contributed by atoms with E-state index in [2.05, 4.69) is 10.6 Å². The molecular formula is C27H44N4O6. The second kappa shape index (κ2) is 14.6. The minimum absolute atomic E-state index is 0.0946. The summed E-state index contributed by atoms with van der Waals surface area (Å²) in [7, 11) is 0. The number of nitrogens with two attached hydrogens (primary N) is 1. The number of primary amides is 1. The van der Waals surface area contributed by atoms with E-state index in [1.165, 1.54) is 4.90 Å². The summed E-state index contributed by atoms with van der Waals surface area (Å²) >= 11 is 0. The van der Waals surface area contributed by atoms with Crippen LogP contribution in [0.3, 0.4) is 0 Å². The van der Waals surface area contributed by atoms with Crippen LogP contribution in [-0.4, -0.2) is 64.7 Å². The van der Waals surface area contributed by atoms with Crippen molar-refractivity contribution in [2.75, 3.05) is 13.2 Å². The second-order valence-electron chi connectivity index (χ2n) is 10.4. The number of amides is 4. The molecule has 0 saturated carbocycles. The Morgan fingerprint density at radius 3 is 2.16 bits per heavy atom. The van der Waals surface area contributed by atoms with Crippen LogP contribution in [0.5, 0.6) is 0 Å². The van der Waals surface area contributed by atoms with E-state index in [-0.39, 0.29) is 25.4 Å². The Balaban J connectivity index is 3.54. The lowest BCUT2D eigenvalue weighted by atomic mass is 9.93. The van der Waals surface area contributed by atoms with Gasteiger partial charge in [0.05, 0.1) is 6.61 Å². The van der Waals surface area contributed by atoms with Crippen molar-refractivity contribution < 1.29 is 29.0 Å². The van der Waals surface area contributed by atoms with Gasteiger partial charge in [-0.3, -0.25) is 14.4 Å². The maximum Gasteiger partial charge on any atom is 0.408 e. The number of aliphatic hydroxyl groups is 1. The lowest BCUT2D eigenvalue weighted by molar-refractivity contribution is -0.143. The third-order valence-electron chi connectivity index (χ3n) is 5.78. The van der Waals surface area contributed by atoms with Crippen LogP contribution in [0.4, 0.5) is 4.79 Å². The molecule has 1 aromatic rings. The van der Waals surface area contributed by atoms with Crippen molar-refractivity contribution in [1.29, 1.82) is 0 Å². The summed E-state index contributed by atoms with van der Waals surface area (Å²) < 4.78 is 5.31. The summed E-state index contributed by atoms with van der Waals surface area (Å²) in [6.45, 7) is 12.1. The van der Waals surface area contributed by atoms with Gasteiger partial charge in [-0.1, -0.05) is 31.5 Å². The molecule has 1 aromatic carbocycles. The first-order valence-corrected chi connectivity index (χ1v) is 12.8. The molecule has 0 radical (unpaired) electrons. The number of ether oxygens (including phenoxy) is 1. The van der Waals surface area contributed by atoms with Crippen LogP contribution in [0.2, 0.25) is 0 Å². The van der Waals surface area contributed by atoms with Gasteiger partial charge >= 0.3 is 6.09 Å². The number of carbonyl (C=O) groups excluding carboxylic acids is 4. The normalized spacial score (nSPS) is 13.7. The molecule has 10 heteroatoms. The van der Waals surface area contributed by atoms with E-state index in [4.69, 9.17) is 10.5 Å². The van der Waals surface area contributed by atoms with E-state index >= 15 is 0 Å². The van der Waals surface area contributed by atoms with Crippen molar-refractivity contribution >= 4 is 23.8 Å². The van der Waals surface area contributed by atoms with Crippen LogP contribution in [0.25, 0.3) is 0 Å². The Bertz CT molecular complexity index is 923. The fourth-order valence-electron chi connectivity index (χ4n) is 4.18. The molecule has 0 fully saturated rings. The van der Waals surface area contributed by atoms with Crippen molar-refractivity contribution in [1.82, 2.24) is 15.5 Å². The number of aliphatic hydroxyl groups excluding tert-OH is 1. The fraction of sp³-hybridized carbons (Fsp3) is 0.630. The summed E-state index contributed by atoms with van der Waals surface area (Å²) in [4.78, 5) is 52.9. The second-order valence-corrected chi connectivity index (χ2v) is 10.4. The van der Waals surface area contributed by atoms with Crippen LogP contribution in [0, 0.1) is 13.8 Å². The van der Waals surface area contributed by atoms with Crippen LogP contribution in [-0.2, 0) is 19.1 Å². The van der Waals surface area contributed by atoms with E-state index in [0.29, 0.717) is 5.56 Å². The van der Waals surface area contributed by atoms with Gasteiger partial charge in [-0.05, 0) is 71.1 Å². The Hall–Kier alpha value is -3.14. The van der Waals surface area contributed by atoms with Gasteiger partial charge < -0.3 is 31.1 Å². The van der Waals surface area contributed by atoms with Crippen molar-refractivity contribution in [2.45, 2.75) is 97.9 Å². The van der Waals surface area contributed by atoms with Crippen LogP contribution in [0.15, 0.2) is 18.2 Å². The maximum absolute atomic E-state index is 13.9. The number of alkyl carbamates (subject to hydrolysis) is 1. The Labute approximate surface area is 220 Å². The number of carbonyl (C=O) groups is 4. The number of hydrogen-bond acceptors (Lipinski definition) is 6. The van der Waals surface area contributed by atoms with E-state index in [9.17, 15) is 24.3 Å². The zero-order valence-electron chi connectivity index (χ0n) is 23.2. The summed E-state index contributed by atoms with van der Waals surface area (Å²) in [5.74, 6) is -1.67. The Kier molecular flexibility index (Phi) is 12.6. The van der Waals surface area contributed by atoms with Gasteiger partial charge in [0.2, 0.25) is 17.7 Å². The van der Waals surface area contributed by atoms with Crippen LogP contribution < -0.4 is 16.4 Å². The molecule has 0 aliphatic rings. The molecule has 4 amide bonds. The molecular weight excluding hydrogens is 476 g/mol. The van der Waals surface area contributed by atoms with Gasteiger partial charge in [-0.25, -0.2) is 4.79 Å². The number of nitrogens with one attached hydrogen (secondary N) is 2. The summed E-state index contributed by atoms with van der Waals surface area (Å²) in [5.41, 5.74) is 6.73. The van der Waals surface area contributed by atoms with Gasteiger partial charge in [-0.2, -0.15) is 0 Å². The topological polar surface area (TPSA) is 151 Å². The van der Waals surface area contributed by atoms with E-state index in [0.717, 1.165) is 24.0 Å². The van der Waals surface area contributed by atoms with Crippen molar-refractivity contribution in [3.63, 3.8) is 0 Å². The molecule has 0 aliphatic heterocycles. The van der Waals surface area contributed by atoms with Crippen molar-refractivity contribution in [3.05, 3.63) is 34.9 Å². The SMILES string of the molecule is CCCC(C)NC(=O)C(c1c(C)cccc1C)N(CCO)C(=O)C(CCC(N)=O)NC(=O)OC(C)(C)C. The number of aryl methyl sites for hydroxylation is 2. The highest BCUT2D eigenvalue weighted by Gasteiger charge is 2.37. The van der Waals surface area contributed by atoms with Gasteiger partial charge in [0.15, 0.2) is 0 Å². The Morgan fingerprint density at radius 2 is 1.68 bits per heavy atom. The molecule has 3 atom stereocenters. The molecule has 3 unspecified atom stereocenters. The molecule has 37 heavy (non-hydrogen) atoms. The number of rotatable bonds is 13. The largest absolute Gasteiger partial charge is 0.444 e. The number of nitrogens with zero attached hydrogens (tertiary/aromatic N) is 1. The smallest absolute Gasteiger partial charge is 0.408 e. The predicted octanol–water partition coefficient (Wildman–Crippen LogP) is 2.63. The van der Waals surface area contributed by atoms with Gasteiger partial charge in [0, 0.05) is 19.0 Å². The minimum Gasteiger partial charge on any atom is -0.444 e. The molecule has 10 nitrogen and oxygen atoms in total. The molecule has 208 valence electrons. The highest BCUT2D eigenvalue weighted by Crippen LogP contribution is 2.29. The van der Waals surface area contributed by atoms with Crippen molar-refractivity contribution in [3.8, 4) is 0 Å². The average molecular weight is 521 g/mol. The van der Waals surface area contributed by atoms with Crippen LogP contribution in [0.1, 0.15) is 83.0 Å². The van der Waals surface area contributed by atoms with Crippen molar-refractivity contribution in [2.24, 2.45) is 5.73 Å². The standard InChI is InChI=1S/C27H44N4O6/c1-8-10-19(4)29-24(34)23(22-17(2)11-9-12-18(22)3)31(15-16-32)25(35)20(13-14-21(28)33)30-26(36)37-27(5,6)7/h9,11-12,19-20,23,32H,8,10,13-16H2,1-7H3,(H2,28,33)(H,29,34)(H,30,36). The maximum atomic E-state index is 13.9. The Morgan fingerprint density at radius 1 is 1.08 bits per heavy atom. The van der Waals surface area contributed by atoms with Gasteiger partial charge in [-0.15, -0.1) is 0 Å². The summed E-state index contributed by atoms with van der Waals surface area (Å²) in [6, 6.07) is 3.15. The molecule has 0 bridgehead atoms. The zero-order valence-corrected chi connectivity index (χ0v) is 23.2. The quantitative estimate of drug-likeness (QED) is 0.314. The first-order chi connectivity index (χ1) is 17.2. The average Bonchev–Trinajstić information content (AvgIpc) is 2.76. The molecule has 0 spiro atoms. The molecule has 0 aliphatic carbocycles. The molecule has 0 heterocycles. The van der Waals surface area contributed by atoms with E-state index in [1.54, 1.807) is 20.8 Å². The lowest BCUT2D eigenvalue weighted by Crippen LogP contribution is -2.54. The van der Waals surface area contributed by atoms with E-state index < -0.39 is 48.1 Å². The van der Waals surface area contributed by atoms with Crippen LogP contribution >= 0.6 is 0 Å². The molecule has 1 rings (SSSR count). The lowest BCUT2D eigenvalue weighted by Gasteiger charge is -2.36. The van der Waals surface area contributed by atoms with Gasteiger partial charge in [0.25, 0.3) is 0 Å². The molecule has 5 N–H and O–H groups in total. The summed E-state index contributed by atoms with van der Waals surface area (Å²) in [5, 5.41) is 15.4. The number of benzene rings is 1. The monoisotopic (exact) mass is 520 g/mol. The predicted molar refractivity (Wildman–Crippen MR) is 142 cm³/mol.